The van der Waals surface area contributed by atoms with Gasteiger partial charge in [-0.2, -0.15) is 0 Å². The van der Waals surface area contributed by atoms with E-state index >= 15 is 0 Å². The molecule has 59 heavy (non-hydrogen) atoms. The van der Waals surface area contributed by atoms with E-state index in [2.05, 4.69) is 113 Å². The van der Waals surface area contributed by atoms with Crippen molar-refractivity contribution in [3.63, 3.8) is 0 Å². The summed E-state index contributed by atoms with van der Waals surface area (Å²) < 4.78 is 12.0. The number of quaternary nitrogens is 1. The van der Waals surface area contributed by atoms with Gasteiger partial charge in [0.15, 0.2) is 6.54 Å². The fourth-order valence-electron chi connectivity index (χ4n) is 9.26. The lowest BCUT2D eigenvalue weighted by molar-refractivity contribution is -1.06. The first-order valence-corrected chi connectivity index (χ1v) is 22.1. The largest absolute Gasteiger partial charge is 0.465 e. The Balaban J connectivity index is 1.81. The molecule has 0 spiro atoms. The summed E-state index contributed by atoms with van der Waals surface area (Å²) in [5.41, 5.74) is -1.17. The van der Waals surface area contributed by atoms with Crippen LogP contribution < -0.4 is 0 Å². The van der Waals surface area contributed by atoms with Crippen LogP contribution in [0.2, 0.25) is 0 Å². The lowest BCUT2D eigenvalue weighted by Crippen LogP contribution is -2.56. The molecule has 0 aliphatic rings. The summed E-state index contributed by atoms with van der Waals surface area (Å²) in [6, 6.07) is 24.7. The number of carbonyl (C=O) groups excluding carboxylic acids is 3. The molecule has 0 saturated carbocycles. The summed E-state index contributed by atoms with van der Waals surface area (Å²) in [4.78, 5) is 47.6. The summed E-state index contributed by atoms with van der Waals surface area (Å²) in [7, 11) is 3.58. The van der Waals surface area contributed by atoms with E-state index in [1.807, 2.05) is 56.3 Å². The molecule has 0 heterocycles. The molecule has 7 nitrogen and oxygen atoms in total. The van der Waals surface area contributed by atoms with E-state index in [0.717, 1.165) is 35.6 Å². The molecule has 2 unspecified atom stereocenters. The third-order valence-corrected chi connectivity index (χ3v) is 14.4. The van der Waals surface area contributed by atoms with Crippen molar-refractivity contribution >= 4 is 28.7 Å². The fraction of sp³-hybridized carbons (Fsp3) is 0.635. The summed E-state index contributed by atoms with van der Waals surface area (Å²) in [6.45, 7) is 31.5. The minimum absolute atomic E-state index is 0.0806. The van der Waals surface area contributed by atoms with Crippen molar-refractivity contribution in [2.75, 3.05) is 33.9 Å². The number of carbonyl (C=O) groups is 3. The molecular weight excluding hydrogens is 735 g/mol. The SMILES string of the molecule is CCCCOC(=O)C(C)(CC(C)(C)C(C)(C)C(CC(C)C)c1ccccc1)C(C)(C)C(C)(C)CC(C)(C)C(=O)OCC[N+](C)(C)OC(=O)Cc1cccc2ccccc12. The highest BCUT2D eigenvalue weighted by Crippen LogP contribution is 2.63. The summed E-state index contributed by atoms with van der Waals surface area (Å²) in [5, 5.41) is 2.10. The first-order chi connectivity index (χ1) is 27.1. The standard InChI is InChI=1S/C52H80NO6/c1-17-18-32-57-46(56)52(14,37-48(6,7)50(10,11)43(34-38(2)3)40-26-20-19-21-27-40)51(12,13)49(8,9)36-47(4,5)45(55)58-33-31-53(15,16)59-44(54)35-41-29-24-28-39-25-22-23-30-42(39)41/h19-30,38,43H,17-18,31-37H2,1-16H3/q+1. The van der Waals surface area contributed by atoms with Crippen LogP contribution >= 0.6 is 0 Å². The maximum absolute atomic E-state index is 14.7. The second-order valence-corrected chi connectivity index (χ2v) is 21.5. The maximum atomic E-state index is 14.7. The van der Waals surface area contributed by atoms with Crippen molar-refractivity contribution in [3.05, 3.63) is 83.9 Å². The van der Waals surface area contributed by atoms with Gasteiger partial charge in [0.25, 0.3) is 0 Å². The summed E-state index contributed by atoms with van der Waals surface area (Å²) >= 11 is 0. The number of hydroxylamine groups is 3. The van der Waals surface area contributed by atoms with E-state index < -0.39 is 21.7 Å². The van der Waals surface area contributed by atoms with Crippen molar-refractivity contribution in [3.8, 4) is 0 Å². The molecule has 0 aliphatic carbocycles. The Labute approximate surface area is 358 Å². The highest BCUT2D eigenvalue weighted by Gasteiger charge is 2.60. The molecule has 0 amide bonds. The normalized spacial score (nSPS) is 14.8. The molecule has 0 aromatic heterocycles. The van der Waals surface area contributed by atoms with Gasteiger partial charge in [0.2, 0.25) is 0 Å². The van der Waals surface area contributed by atoms with Crippen LogP contribution in [0, 0.1) is 38.4 Å². The van der Waals surface area contributed by atoms with E-state index in [4.69, 9.17) is 14.3 Å². The predicted molar refractivity (Wildman–Crippen MR) is 242 cm³/mol. The van der Waals surface area contributed by atoms with Crippen molar-refractivity contribution in [1.82, 2.24) is 0 Å². The minimum atomic E-state index is -0.901. The van der Waals surface area contributed by atoms with Gasteiger partial charge in [-0.3, -0.25) is 14.4 Å². The van der Waals surface area contributed by atoms with E-state index in [-0.39, 0.29) is 52.3 Å². The van der Waals surface area contributed by atoms with Gasteiger partial charge >= 0.3 is 17.9 Å². The summed E-state index contributed by atoms with van der Waals surface area (Å²) in [6.07, 6.45) is 4.01. The average molecular weight is 815 g/mol. The Kier molecular flexibility index (Phi) is 16.3. The Hall–Kier alpha value is -3.71. The number of unbranched alkanes of at least 4 members (excludes halogenated alkanes) is 1. The quantitative estimate of drug-likeness (QED) is 0.0435. The third kappa shape index (κ3) is 12.0. The van der Waals surface area contributed by atoms with E-state index in [9.17, 15) is 14.4 Å². The number of hydrogen-bond acceptors (Lipinski definition) is 6. The highest BCUT2D eigenvalue weighted by molar-refractivity contribution is 5.88. The third-order valence-electron chi connectivity index (χ3n) is 14.4. The smallest absolute Gasteiger partial charge is 0.370 e. The number of ether oxygens (including phenoxy) is 2. The van der Waals surface area contributed by atoms with Crippen molar-refractivity contribution < 1.29 is 33.3 Å². The van der Waals surface area contributed by atoms with Crippen molar-refractivity contribution in [2.24, 2.45) is 38.4 Å². The second kappa shape index (κ2) is 19.3. The van der Waals surface area contributed by atoms with Gasteiger partial charge in [-0.05, 0) is 102 Å². The number of benzene rings is 3. The molecule has 0 fully saturated rings. The van der Waals surface area contributed by atoms with E-state index in [1.165, 1.54) is 5.56 Å². The first kappa shape index (κ1) is 49.7. The molecule has 328 valence electrons. The van der Waals surface area contributed by atoms with E-state index in [0.29, 0.717) is 31.9 Å². The van der Waals surface area contributed by atoms with Gasteiger partial charge in [0.05, 0.1) is 23.9 Å². The zero-order chi connectivity index (χ0) is 44.7. The molecule has 0 N–H and O–H groups in total. The maximum Gasteiger partial charge on any atom is 0.370 e. The molecule has 0 saturated heterocycles. The minimum Gasteiger partial charge on any atom is -0.465 e. The second-order valence-electron chi connectivity index (χ2n) is 21.5. The molecule has 0 aliphatic heterocycles. The monoisotopic (exact) mass is 815 g/mol. The number of esters is 2. The number of hydrogen-bond donors (Lipinski definition) is 0. The van der Waals surface area contributed by atoms with Crippen LogP contribution in [0.4, 0.5) is 0 Å². The van der Waals surface area contributed by atoms with Gasteiger partial charge in [-0.25, -0.2) is 4.79 Å². The average Bonchev–Trinajstić information content (AvgIpc) is 3.13. The van der Waals surface area contributed by atoms with E-state index in [1.54, 1.807) is 14.1 Å². The van der Waals surface area contributed by atoms with Gasteiger partial charge in [-0.1, -0.05) is 155 Å². The van der Waals surface area contributed by atoms with Gasteiger partial charge in [0, 0.05) is 0 Å². The molecule has 3 rings (SSSR count). The highest BCUT2D eigenvalue weighted by atomic mass is 16.7. The van der Waals surface area contributed by atoms with Crippen LogP contribution in [0.3, 0.4) is 0 Å². The lowest BCUT2D eigenvalue weighted by Gasteiger charge is -2.58. The number of nitrogens with zero attached hydrogens (tertiary/aromatic N) is 1. The molecule has 2 atom stereocenters. The fourth-order valence-corrected chi connectivity index (χ4v) is 9.26. The van der Waals surface area contributed by atoms with Gasteiger partial charge in [0.1, 0.15) is 20.7 Å². The molecule has 0 bridgehead atoms. The molecule has 7 heteroatoms. The number of likely N-dealkylation sites (N-methyl/N-ethyl adjacent to an activating group) is 1. The van der Waals surface area contributed by atoms with Crippen LogP contribution in [0.25, 0.3) is 10.8 Å². The van der Waals surface area contributed by atoms with Gasteiger partial charge in [-0.15, -0.1) is 4.65 Å². The molecule has 3 aromatic carbocycles. The number of fused-ring (bicyclic) bond motifs is 1. The van der Waals surface area contributed by atoms with Crippen molar-refractivity contribution in [1.29, 1.82) is 0 Å². The van der Waals surface area contributed by atoms with Crippen molar-refractivity contribution in [2.45, 2.75) is 141 Å². The number of rotatable bonds is 22. The van der Waals surface area contributed by atoms with Crippen LogP contribution in [0.15, 0.2) is 72.8 Å². The predicted octanol–water partition coefficient (Wildman–Crippen LogP) is 12.6. The lowest BCUT2D eigenvalue weighted by atomic mass is 9.45. The zero-order valence-corrected chi connectivity index (χ0v) is 39.8. The van der Waals surface area contributed by atoms with Gasteiger partial charge < -0.3 is 9.47 Å². The molecule has 3 aromatic rings. The summed E-state index contributed by atoms with van der Waals surface area (Å²) in [5.74, 6) is -0.0701. The Morgan fingerprint density at radius 3 is 1.86 bits per heavy atom. The van der Waals surface area contributed by atoms with Crippen LogP contribution in [-0.4, -0.2) is 56.4 Å². The van der Waals surface area contributed by atoms with Crippen LogP contribution in [0.5, 0.6) is 0 Å². The van der Waals surface area contributed by atoms with Crippen LogP contribution in [0.1, 0.15) is 146 Å². The topological polar surface area (TPSA) is 78.9 Å². The molecule has 0 radical (unpaired) electrons. The van der Waals surface area contributed by atoms with Crippen LogP contribution in [-0.2, 0) is 35.1 Å². The zero-order valence-electron chi connectivity index (χ0n) is 39.8. The molecular formula is C52H80NO6+. The first-order valence-electron chi connectivity index (χ1n) is 22.1. The Bertz CT molecular complexity index is 1850. The Morgan fingerprint density at radius 1 is 0.678 bits per heavy atom. The Morgan fingerprint density at radius 2 is 1.25 bits per heavy atom.